The zero-order valence-electron chi connectivity index (χ0n) is 21.0. The minimum atomic E-state index is -0.821. The molecule has 0 aliphatic carbocycles. The number of amides is 2. The van der Waals surface area contributed by atoms with Crippen LogP contribution < -0.4 is 10.2 Å². The predicted molar refractivity (Wildman–Crippen MR) is 138 cm³/mol. The van der Waals surface area contributed by atoms with E-state index < -0.39 is 23.8 Å². The lowest BCUT2D eigenvalue weighted by Crippen LogP contribution is -2.34. The van der Waals surface area contributed by atoms with Gasteiger partial charge in [0.25, 0.3) is 0 Å². The number of benzene rings is 3. The van der Waals surface area contributed by atoms with Crippen molar-refractivity contribution in [2.45, 2.75) is 33.0 Å². The van der Waals surface area contributed by atoms with Gasteiger partial charge in [0.15, 0.2) is 0 Å². The first-order chi connectivity index (χ1) is 17.1. The van der Waals surface area contributed by atoms with Gasteiger partial charge in [-0.3, -0.25) is 10.2 Å². The molecule has 0 aromatic heterocycles. The molecule has 2 amide bonds. The number of rotatable bonds is 6. The highest BCUT2D eigenvalue weighted by Crippen LogP contribution is 2.29. The molecule has 0 saturated carbocycles. The Balaban J connectivity index is 1.97. The van der Waals surface area contributed by atoms with Crippen LogP contribution >= 0.6 is 0 Å². The number of methoxy groups -OCH3 is 1. The topological polar surface area (TPSA) is 94.2 Å². The highest BCUT2D eigenvalue weighted by molar-refractivity contribution is 6.01. The fourth-order valence-corrected chi connectivity index (χ4v) is 3.36. The first-order valence-electron chi connectivity index (χ1n) is 11.3. The second-order valence-electron chi connectivity index (χ2n) is 9.03. The van der Waals surface area contributed by atoms with Crippen LogP contribution in [0.3, 0.4) is 0 Å². The van der Waals surface area contributed by atoms with Crippen LogP contribution in [0.2, 0.25) is 0 Å². The molecule has 0 saturated heterocycles. The van der Waals surface area contributed by atoms with Crippen LogP contribution in [-0.2, 0) is 25.6 Å². The van der Waals surface area contributed by atoms with Gasteiger partial charge in [0.2, 0.25) is 0 Å². The van der Waals surface area contributed by atoms with Crippen molar-refractivity contribution < 1.29 is 28.6 Å². The zero-order chi connectivity index (χ0) is 26.3. The molecule has 0 aliphatic rings. The predicted octanol–water partition coefficient (Wildman–Crippen LogP) is 5.65. The number of esters is 1. The number of fused-ring (bicyclic) bond motifs is 1. The highest BCUT2D eigenvalue weighted by atomic mass is 16.6. The molecule has 8 heteroatoms. The van der Waals surface area contributed by atoms with Gasteiger partial charge in [0.1, 0.15) is 17.9 Å². The Hall–Kier alpha value is -4.33. The summed E-state index contributed by atoms with van der Waals surface area (Å²) in [5, 5.41) is 4.22. The number of carbonyl (C=O) groups excluding carboxylic acids is 3. The smallest absolute Gasteiger partial charge is 0.414 e. The number of ether oxygens (including phenoxy) is 3. The van der Waals surface area contributed by atoms with Gasteiger partial charge in [-0.2, -0.15) is 0 Å². The van der Waals surface area contributed by atoms with Crippen LogP contribution in [0, 0.1) is 0 Å². The molecular weight excluding hydrogens is 460 g/mol. The Morgan fingerprint density at radius 2 is 1.56 bits per heavy atom. The molecule has 188 valence electrons. The largest absolute Gasteiger partial charge is 0.464 e. The van der Waals surface area contributed by atoms with Gasteiger partial charge >= 0.3 is 18.2 Å². The van der Waals surface area contributed by atoms with E-state index in [0.717, 1.165) is 16.3 Å². The molecule has 0 fully saturated rings. The number of nitrogens with one attached hydrogen (secondary N) is 1. The lowest BCUT2D eigenvalue weighted by molar-refractivity contribution is -0.136. The quantitative estimate of drug-likeness (QED) is 0.273. The van der Waals surface area contributed by atoms with Crippen LogP contribution in [-0.4, -0.2) is 37.9 Å². The molecular formula is C28H30N2O6. The molecule has 3 aromatic rings. The average molecular weight is 491 g/mol. The van der Waals surface area contributed by atoms with Gasteiger partial charge in [0.05, 0.1) is 12.8 Å². The lowest BCUT2D eigenvalue weighted by atomic mass is 10.0. The maximum absolute atomic E-state index is 12.8. The van der Waals surface area contributed by atoms with Crippen molar-refractivity contribution in [1.29, 1.82) is 0 Å². The molecule has 0 aliphatic heterocycles. The van der Waals surface area contributed by atoms with Gasteiger partial charge in [-0.05, 0) is 55.3 Å². The van der Waals surface area contributed by atoms with Gasteiger partial charge < -0.3 is 14.2 Å². The van der Waals surface area contributed by atoms with Crippen LogP contribution in [0.4, 0.5) is 15.3 Å². The molecule has 0 bridgehead atoms. The number of hydrogen-bond acceptors (Lipinski definition) is 6. The number of hydrogen-bond donors (Lipinski definition) is 1. The molecule has 0 radical (unpaired) electrons. The normalized spacial score (nSPS) is 11.5. The average Bonchev–Trinajstić information content (AvgIpc) is 2.85. The molecule has 0 spiro atoms. The molecule has 0 atom stereocenters. The van der Waals surface area contributed by atoms with E-state index in [1.54, 1.807) is 27.8 Å². The number of carbonyl (C=O) groups is 3. The second-order valence-corrected chi connectivity index (χ2v) is 9.03. The van der Waals surface area contributed by atoms with Crippen molar-refractivity contribution >= 4 is 40.7 Å². The van der Waals surface area contributed by atoms with Crippen molar-refractivity contribution in [1.82, 2.24) is 5.32 Å². The Morgan fingerprint density at radius 3 is 2.17 bits per heavy atom. The van der Waals surface area contributed by atoms with Crippen molar-refractivity contribution in [3.63, 3.8) is 0 Å². The van der Waals surface area contributed by atoms with Crippen LogP contribution in [0.25, 0.3) is 16.8 Å². The summed E-state index contributed by atoms with van der Waals surface area (Å²) in [5.74, 6) is -0.773. The van der Waals surface area contributed by atoms with Gasteiger partial charge in [-0.15, -0.1) is 0 Å². The van der Waals surface area contributed by atoms with Gasteiger partial charge in [-0.1, -0.05) is 54.6 Å². The molecule has 0 unspecified atom stereocenters. The van der Waals surface area contributed by atoms with Gasteiger partial charge in [-0.25, -0.2) is 14.4 Å². The van der Waals surface area contributed by atoms with Crippen molar-refractivity contribution in [3.8, 4) is 0 Å². The zero-order valence-corrected chi connectivity index (χ0v) is 21.0. The third kappa shape index (κ3) is 7.09. The minimum Gasteiger partial charge on any atom is -0.464 e. The second kappa shape index (κ2) is 11.4. The lowest BCUT2D eigenvalue weighted by Gasteiger charge is -2.26. The van der Waals surface area contributed by atoms with E-state index in [1.165, 1.54) is 18.1 Å². The van der Waals surface area contributed by atoms with Crippen molar-refractivity contribution in [2.24, 2.45) is 0 Å². The van der Waals surface area contributed by atoms with E-state index >= 15 is 0 Å². The van der Waals surface area contributed by atoms with Crippen LogP contribution in [0.1, 0.15) is 31.9 Å². The Morgan fingerprint density at radius 1 is 0.944 bits per heavy atom. The number of nitrogens with zero attached hydrogens (tertiary/aromatic N) is 1. The molecule has 3 aromatic carbocycles. The van der Waals surface area contributed by atoms with E-state index in [4.69, 9.17) is 14.2 Å². The summed E-state index contributed by atoms with van der Waals surface area (Å²) in [6, 6.07) is 20.4. The maximum Gasteiger partial charge on any atom is 0.414 e. The number of alkyl carbamates (subject to hydrolysis) is 1. The molecule has 1 N–H and O–H groups in total. The molecule has 36 heavy (non-hydrogen) atoms. The summed E-state index contributed by atoms with van der Waals surface area (Å²) in [6.45, 7) is 5.37. The summed E-state index contributed by atoms with van der Waals surface area (Å²) in [5.41, 5.74) is 0.922. The molecule has 3 rings (SSSR count). The Labute approximate surface area is 210 Å². The molecule has 0 heterocycles. The third-order valence-corrected chi connectivity index (χ3v) is 5.08. The van der Waals surface area contributed by atoms with Crippen LogP contribution in [0.5, 0.6) is 0 Å². The fraction of sp³-hybridized carbons (Fsp3) is 0.250. The monoisotopic (exact) mass is 490 g/mol. The Bertz CT molecular complexity index is 1280. The summed E-state index contributed by atoms with van der Waals surface area (Å²) < 4.78 is 15.6. The first kappa shape index (κ1) is 26.3. The van der Waals surface area contributed by atoms with E-state index in [-0.39, 0.29) is 12.3 Å². The van der Waals surface area contributed by atoms with E-state index in [0.29, 0.717) is 11.3 Å². The van der Waals surface area contributed by atoms with Crippen molar-refractivity contribution in [2.75, 3.05) is 19.1 Å². The maximum atomic E-state index is 12.8. The first-order valence-corrected chi connectivity index (χ1v) is 11.3. The van der Waals surface area contributed by atoms with E-state index in [1.807, 2.05) is 66.7 Å². The van der Waals surface area contributed by atoms with Gasteiger partial charge in [0, 0.05) is 12.6 Å². The van der Waals surface area contributed by atoms with E-state index in [9.17, 15) is 14.4 Å². The van der Waals surface area contributed by atoms with Crippen molar-refractivity contribution in [3.05, 3.63) is 83.6 Å². The summed E-state index contributed by atoms with van der Waals surface area (Å²) in [7, 11) is 2.79. The fourth-order valence-electron chi connectivity index (χ4n) is 3.36. The number of anilines is 1. The standard InChI is InChI=1S/C28H30N2O6/c1-28(2,3)36-27(33)30(4)24-17-21-14-10-9-13-20(21)15-22(24)16-23(25(31)34-5)29-26(32)35-18-19-11-7-6-8-12-19/h6-17H,18H2,1-5H3,(H,29,32)/b23-16-. The highest BCUT2D eigenvalue weighted by Gasteiger charge is 2.23. The molecule has 8 nitrogen and oxygen atoms in total. The summed E-state index contributed by atoms with van der Waals surface area (Å²) >= 11 is 0. The van der Waals surface area contributed by atoms with Crippen LogP contribution in [0.15, 0.2) is 72.4 Å². The minimum absolute atomic E-state index is 0.0315. The third-order valence-electron chi connectivity index (χ3n) is 5.08. The SMILES string of the molecule is COC(=O)/C(=C/c1cc2ccccc2cc1N(C)C(=O)OC(C)(C)C)NC(=O)OCc1ccccc1. The summed E-state index contributed by atoms with van der Waals surface area (Å²) in [4.78, 5) is 39.2. The van der Waals surface area contributed by atoms with E-state index in [2.05, 4.69) is 5.32 Å². The summed E-state index contributed by atoms with van der Waals surface area (Å²) in [6.07, 6.45) is 0.0544. The Kier molecular flexibility index (Phi) is 8.32.